The zero-order chi connectivity index (χ0) is 40.0. The third-order valence-electron chi connectivity index (χ3n) is 12.8. The monoisotopic (exact) mass is 768 g/mol. The van der Waals surface area contributed by atoms with Gasteiger partial charge in [0.25, 0.3) is 0 Å². The Bertz CT molecular complexity index is 3430. The number of nitrogens with zero attached hydrogens (tertiary/aromatic N) is 2. The highest BCUT2D eigenvalue weighted by atomic mass is 16.3. The summed E-state index contributed by atoms with van der Waals surface area (Å²) in [6, 6.07) is 74.8. The molecule has 0 aliphatic heterocycles. The highest BCUT2D eigenvalue weighted by molar-refractivity contribution is 6.28. The minimum atomic E-state index is -0.156. The van der Waals surface area contributed by atoms with Gasteiger partial charge in [0.1, 0.15) is 11.2 Å². The summed E-state index contributed by atoms with van der Waals surface area (Å²) in [6.45, 7) is 4.72. The van der Waals surface area contributed by atoms with Gasteiger partial charge in [-0.1, -0.05) is 166 Å². The first kappa shape index (κ1) is 34.4. The van der Waals surface area contributed by atoms with E-state index in [4.69, 9.17) is 4.42 Å². The molecule has 0 atom stereocenters. The van der Waals surface area contributed by atoms with Crippen LogP contribution in [0.4, 0.5) is 17.1 Å². The molecule has 1 aliphatic rings. The number of benzene rings is 9. The van der Waals surface area contributed by atoms with E-state index in [0.717, 1.165) is 61.3 Å². The smallest absolute Gasteiger partial charge is 0.138 e. The van der Waals surface area contributed by atoms with Crippen molar-refractivity contribution in [2.75, 3.05) is 4.90 Å². The Morgan fingerprint density at radius 3 is 1.85 bits per heavy atom. The van der Waals surface area contributed by atoms with Crippen molar-refractivity contribution >= 4 is 60.8 Å². The molecule has 0 saturated heterocycles. The summed E-state index contributed by atoms with van der Waals surface area (Å²) in [5, 5.41) is 4.63. The quantitative estimate of drug-likeness (QED) is 0.168. The highest BCUT2D eigenvalue weighted by Crippen LogP contribution is 2.53. The molecular formula is C57H40N2O. The Kier molecular flexibility index (Phi) is 7.58. The maximum absolute atomic E-state index is 6.74. The van der Waals surface area contributed by atoms with Crippen LogP contribution < -0.4 is 4.90 Å². The minimum Gasteiger partial charge on any atom is -0.456 e. The fraction of sp³-hybridized carbons (Fsp3) is 0.0526. The van der Waals surface area contributed by atoms with Crippen molar-refractivity contribution in [1.29, 1.82) is 0 Å². The molecule has 0 fully saturated rings. The van der Waals surface area contributed by atoms with Crippen molar-refractivity contribution < 1.29 is 4.42 Å². The SMILES string of the molecule is CC1(C)c2ccccc2-c2ccc(N(c3ccc(-c4ccccc4)cc3)c3cccc4c5c(-c6ccccc6)c6c(cc5n(-c5ccccc5)c34)oc3ccccc36)cc21. The van der Waals surface area contributed by atoms with Gasteiger partial charge in [0, 0.05) is 55.7 Å². The Morgan fingerprint density at radius 2 is 1.07 bits per heavy atom. The summed E-state index contributed by atoms with van der Waals surface area (Å²) >= 11 is 0. The second-order valence-electron chi connectivity index (χ2n) is 16.5. The maximum Gasteiger partial charge on any atom is 0.138 e. The number of para-hydroxylation sites is 3. The molecule has 0 spiro atoms. The van der Waals surface area contributed by atoms with E-state index in [9.17, 15) is 0 Å². The first-order valence-corrected chi connectivity index (χ1v) is 20.8. The van der Waals surface area contributed by atoms with Crippen molar-refractivity contribution in [3.8, 4) is 39.1 Å². The van der Waals surface area contributed by atoms with Gasteiger partial charge in [0.2, 0.25) is 0 Å². The van der Waals surface area contributed by atoms with Crippen LogP contribution in [0, 0.1) is 0 Å². The molecule has 2 aromatic heterocycles. The van der Waals surface area contributed by atoms with Crippen molar-refractivity contribution in [3.63, 3.8) is 0 Å². The van der Waals surface area contributed by atoms with Gasteiger partial charge in [-0.3, -0.25) is 0 Å². The average molecular weight is 769 g/mol. The number of anilines is 3. The number of furan rings is 1. The van der Waals surface area contributed by atoms with Gasteiger partial charge in [-0.15, -0.1) is 0 Å². The van der Waals surface area contributed by atoms with Gasteiger partial charge in [-0.05, 0) is 87.5 Å². The highest BCUT2D eigenvalue weighted by Gasteiger charge is 2.36. The summed E-state index contributed by atoms with van der Waals surface area (Å²) in [7, 11) is 0. The molecular weight excluding hydrogens is 729 g/mol. The molecule has 60 heavy (non-hydrogen) atoms. The summed E-state index contributed by atoms with van der Waals surface area (Å²) in [5.41, 5.74) is 18.3. The number of hydrogen-bond donors (Lipinski definition) is 0. The third kappa shape index (κ3) is 5.09. The lowest BCUT2D eigenvalue weighted by Gasteiger charge is -2.29. The molecule has 0 N–H and O–H groups in total. The average Bonchev–Trinajstić information content (AvgIpc) is 3.92. The number of aromatic nitrogens is 1. The zero-order valence-electron chi connectivity index (χ0n) is 33.4. The van der Waals surface area contributed by atoms with Crippen molar-refractivity contribution in [2.24, 2.45) is 0 Å². The molecule has 12 rings (SSSR count). The lowest BCUT2D eigenvalue weighted by molar-refractivity contribution is 0.660. The first-order chi connectivity index (χ1) is 29.5. The van der Waals surface area contributed by atoms with Gasteiger partial charge in [0.15, 0.2) is 0 Å². The molecule has 3 heteroatoms. The largest absolute Gasteiger partial charge is 0.456 e. The van der Waals surface area contributed by atoms with Gasteiger partial charge in [-0.25, -0.2) is 0 Å². The fourth-order valence-corrected chi connectivity index (χ4v) is 10.0. The van der Waals surface area contributed by atoms with Crippen LogP contribution in [0.5, 0.6) is 0 Å². The first-order valence-electron chi connectivity index (χ1n) is 20.8. The molecule has 2 heterocycles. The third-order valence-corrected chi connectivity index (χ3v) is 12.8. The maximum atomic E-state index is 6.74. The molecule has 9 aromatic carbocycles. The molecule has 284 valence electrons. The Labute approximate surface area is 349 Å². The van der Waals surface area contributed by atoms with Crippen LogP contribution in [0.2, 0.25) is 0 Å². The van der Waals surface area contributed by atoms with E-state index in [1.54, 1.807) is 0 Å². The van der Waals surface area contributed by atoms with Crippen LogP contribution in [-0.2, 0) is 5.41 Å². The number of fused-ring (bicyclic) bond motifs is 9. The Morgan fingerprint density at radius 1 is 0.450 bits per heavy atom. The van der Waals surface area contributed by atoms with Crippen LogP contribution in [0.3, 0.4) is 0 Å². The molecule has 0 unspecified atom stereocenters. The van der Waals surface area contributed by atoms with E-state index < -0.39 is 0 Å². The number of hydrogen-bond acceptors (Lipinski definition) is 2. The van der Waals surface area contributed by atoms with Crippen molar-refractivity contribution in [2.45, 2.75) is 19.3 Å². The van der Waals surface area contributed by atoms with Crippen LogP contribution in [0.15, 0.2) is 211 Å². The molecule has 0 bridgehead atoms. The zero-order valence-corrected chi connectivity index (χ0v) is 33.4. The summed E-state index contributed by atoms with van der Waals surface area (Å²) < 4.78 is 9.19. The van der Waals surface area contributed by atoms with E-state index >= 15 is 0 Å². The second-order valence-corrected chi connectivity index (χ2v) is 16.5. The summed E-state index contributed by atoms with van der Waals surface area (Å²) in [6.07, 6.45) is 0. The summed E-state index contributed by atoms with van der Waals surface area (Å²) in [5.74, 6) is 0. The van der Waals surface area contributed by atoms with E-state index in [-0.39, 0.29) is 5.41 Å². The van der Waals surface area contributed by atoms with E-state index in [0.29, 0.717) is 0 Å². The van der Waals surface area contributed by atoms with E-state index in [1.165, 1.54) is 49.7 Å². The fourth-order valence-electron chi connectivity index (χ4n) is 10.0. The molecule has 1 aliphatic carbocycles. The lowest BCUT2D eigenvalue weighted by Crippen LogP contribution is -2.17. The van der Waals surface area contributed by atoms with Crippen LogP contribution in [0.1, 0.15) is 25.0 Å². The van der Waals surface area contributed by atoms with Crippen LogP contribution >= 0.6 is 0 Å². The van der Waals surface area contributed by atoms with Crippen molar-refractivity contribution in [1.82, 2.24) is 4.57 Å². The number of rotatable bonds is 6. The molecule has 0 saturated carbocycles. The molecule has 0 amide bonds. The lowest BCUT2D eigenvalue weighted by atomic mass is 9.82. The molecule has 3 nitrogen and oxygen atoms in total. The van der Waals surface area contributed by atoms with Gasteiger partial charge < -0.3 is 13.9 Å². The summed E-state index contributed by atoms with van der Waals surface area (Å²) in [4.78, 5) is 2.47. The Hall–Kier alpha value is -7.62. The van der Waals surface area contributed by atoms with E-state index in [2.05, 4.69) is 230 Å². The molecule has 0 radical (unpaired) electrons. The van der Waals surface area contributed by atoms with Crippen LogP contribution in [0.25, 0.3) is 82.8 Å². The van der Waals surface area contributed by atoms with Crippen molar-refractivity contribution in [3.05, 3.63) is 217 Å². The van der Waals surface area contributed by atoms with E-state index in [1.807, 2.05) is 0 Å². The minimum absolute atomic E-state index is 0.156. The predicted octanol–water partition coefficient (Wildman–Crippen LogP) is 15.8. The Balaban J connectivity index is 1.20. The molecule has 11 aromatic rings. The second kappa shape index (κ2) is 13.2. The topological polar surface area (TPSA) is 21.3 Å². The van der Waals surface area contributed by atoms with Crippen LogP contribution in [-0.4, -0.2) is 4.57 Å². The van der Waals surface area contributed by atoms with Gasteiger partial charge in [-0.2, -0.15) is 0 Å². The normalized spacial score (nSPS) is 13.0. The predicted molar refractivity (Wildman–Crippen MR) is 251 cm³/mol. The van der Waals surface area contributed by atoms with Gasteiger partial charge >= 0.3 is 0 Å². The van der Waals surface area contributed by atoms with Gasteiger partial charge in [0.05, 0.1) is 16.7 Å². The standard InChI is InChI=1S/C57H40N2O/c1-57(2)47-26-14-12-23-43(47)44-34-33-42(35-48(44)57)58(41-31-29-38(30-32-41)37-17-6-3-7-18-37)49-27-16-25-46-54-50(59(56(46)49)40-21-10-5-11-22-40)36-52-55(45-24-13-15-28-51(45)60-52)53(54)39-19-8-4-9-20-39/h3-36H,1-2H3.